The molecule has 2 aromatic rings. The predicted octanol–water partition coefficient (Wildman–Crippen LogP) is 6.92. The van der Waals surface area contributed by atoms with Gasteiger partial charge in [0.2, 0.25) is 10.2 Å². The number of hydrogen-bond acceptors (Lipinski definition) is 6. The second kappa shape index (κ2) is 10.9. The highest BCUT2D eigenvalue weighted by Crippen LogP contribution is 2.32. The Bertz CT molecular complexity index is 802. The average molecular weight is 433 g/mol. The van der Waals surface area contributed by atoms with E-state index in [-0.39, 0.29) is 10.2 Å². The van der Waals surface area contributed by atoms with Gasteiger partial charge in [-0.05, 0) is 84.9 Å². The maximum absolute atomic E-state index is 11.8. The molecule has 0 aromatic heterocycles. The predicted molar refractivity (Wildman–Crippen MR) is 121 cm³/mol. The molecule has 0 fully saturated rings. The SMILES string of the molecule is C=C(C)C(=O)Sc1cccc(SCSc2cccc(SC(=O)C(=C)C)c2)c1. The third-order valence-corrected chi connectivity index (χ3v) is 7.34. The van der Waals surface area contributed by atoms with E-state index in [1.165, 1.54) is 23.5 Å². The molecular weight excluding hydrogens is 412 g/mol. The van der Waals surface area contributed by atoms with Crippen LogP contribution in [0.4, 0.5) is 0 Å². The van der Waals surface area contributed by atoms with E-state index in [0.29, 0.717) is 11.1 Å². The van der Waals surface area contributed by atoms with Crippen LogP contribution in [0.3, 0.4) is 0 Å². The molecule has 140 valence electrons. The summed E-state index contributed by atoms with van der Waals surface area (Å²) in [5.41, 5.74) is 1.10. The van der Waals surface area contributed by atoms with Crippen molar-refractivity contribution in [2.24, 2.45) is 0 Å². The molecule has 0 saturated carbocycles. The zero-order valence-corrected chi connectivity index (χ0v) is 18.5. The molecule has 0 atom stereocenters. The van der Waals surface area contributed by atoms with Crippen molar-refractivity contribution in [2.75, 3.05) is 5.08 Å². The van der Waals surface area contributed by atoms with Crippen LogP contribution in [0.25, 0.3) is 0 Å². The standard InChI is InChI=1S/C21H20O2S4/c1-14(2)20(22)26-18-9-5-7-16(11-18)24-13-25-17-8-6-10-19(12-17)27-21(23)15(3)4/h5-12H,1,3,13H2,2,4H3. The zero-order valence-electron chi connectivity index (χ0n) is 15.2. The van der Waals surface area contributed by atoms with E-state index >= 15 is 0 Å². The summed E-state index contributed by atoms with van der Waals surface area (Å²) in [6.07, 6.45) is 0. The van der Waals surface area contributed by atoms with Crippen LogP contribution in [0.5, 0.6) is 0 Å². The quantitative estimate of drug-likeness (QED) is 0.256. The Morgan fingerprint density at radius 3 is 1.48 bits per heavy atom. The first-order valence-electron chi connectivity index (χ1n) is 8.06. The van der Waals surface area contributed by atoms with Crippen LogP contribution in [0.15, 0.2) is 92.4 Å². The summed E-state index contributed by atoms with van der Waals surface area (Å²) in [6, 6.07) is 15.9. The summed E-state index contributed by atoms with van der Waals surface area (Å²) < 4.78 is 0. The summed E-state index contributed by atoms with van der Waals surface area (Å²) in [5, 5.41) is 0.820. The minimum atomic E-state index is -0.00912. The van der Waals surface area contributed by atoms with Gasteiger partial charge in [0.25, 0.3) is 0 Å². The van der Waals surface area contributed by atoms with Gasteiger partial charge in [-0.3, -0.25) is 9.59 Å². The van der Waals surface area contributed by atoms with Gasteiger partial charge in [0, 0.05) is 24.7 Å². The maximum atomic E-state index is 11.8. The van der Waals surface area contributed by atoms with Crippen molar-refractivity contribution < 1.29 is 9.59 Å². The minimum Gasteiger partial charge on any atom is -0.282 e. The van der Waals surface area contributed by atoms with Gasteiger partial charge < -0.3 is 0 Å². The van der Waals surface area contributed by atoms with Crippen LogP contribution in [0.1, 0.15) is 13.8 Å². The molecule has 0 amide bonds. The van der Waals surface area contributed by atoms with Crippen molar-refractivity contribution in [2.45, 2.75) is 33.4 Å². The summed E-state index contributed by atoms with van der Waals surface area (Å²) in [7, 11) is 0. The molecule has 6 heteroatoms. The first kappa shape index (κ1) is 22.0. The molecule has 0 aliphatic rings. The molecule has 2 nitrogen and oxygen atoms in total. The molecule has 0 spiro atoms. The van der Waals surface area contributed by atoms with E-state index < -0.39 is 0 Å². The lowest BCUT2D eigenvalue weighted by atomic mass is 10.4. The van der Waals surface area contributed by atoms with Crippen molar-refractivity contribution >= 4 is 57.3 Å². The summed E-state index contributed by atoms with van der Waals surface area (Å²) in [6.45, 7) is 10.8. The van der Waals surface area contributed by atoms with Crippen molar-refractivity contribution in [3.05, 3.63) is 72.8 Å². The fourth-order valence-corrected chi connectivity index (χ4v) is 5.49. The molecule has 2 rings (SSSR count). The van der Waals surface area contributed by atoms with Gasteiger partial charge in [-0.1, -0.05) is 25.3 Å². The van der Waals surface area contributed by atoms with Gasteiger partial charge >= 0.3 is 0 Å². The van der Waals surface area contributed by atoms with Crippen molar-refractivity contribution in [1.82, 2.24) is 0 Å². The van der Waals surface area contributed by atoms with E-state index in [2.05, 4.69) is 13.2 Å². The maximum Gasteiger partial charge on any atom is 0.219 e. The summed E-state index contributed by atoms with van der Waals surface area (Å²) >= 11 is 5.85. The molecule has 0 unspecified atom stereocenters. The molecular formula is C21H20O2S4. The Kier molecular flexibility index (Phi) is 8.83. The molecule has 27 heavy (non-hydrogen) atoms. The number of carbonyl (C=O) groups is 2. The zero-order chi connectivity index (χ0) is 19.8. The summed E-state index contributed by atoms with van der Waals surface area (Å²) in [5.74, 6) is 0. The van der Waals surface area contributed by atoms with Crippen LogP contribution < -0.4 is 0 Å². The molecule has 0 aliphatic heterocycles. The van der Waals surface area contributed by atoms with Gasteiger partial charge in [0.15, 0.2) is 0 Å². The second-order valence-electron chi connectivity index (χ2n) is 5.70. The third kappa shape index (κ3) is 7.66. The van der Waals surface area contributed by atoms with Crippen molar-refractivity contribution in [3.63, 3.8) is 0 Å². The Hall–Kier alpha value is -1.34. The fourth-order valence-electron chi connectivity index (χ4n) is 1.81. The molecule has 0 aliphatic carbocycles. The van der Waals surface area contributed by atoms with Gasteiger partial charge in [-0.25, -0.2) is 0 Å². The number of thioether (sulfide) groups is 4. The van der Waals surface area contributed by atoms with E-state index in [9.17, 15) is 9.59 Å². The van der Waals surface area contributed by atoms with E-state index in [1.54, 1.807) is 37.4 Å². The normalized spacial score (nSPS) is 10.4. The van der Waals surface area contributed by atoms with Crippen LogP contribution in [-0.4, -0.2) is 15.3 Å². The average Bonchev–Trinajstić information content (AvgIpc) is 2.62. The molecule has 0 radical (unpaired) electrons. The van der Waals surface area contributed by atoms with Crippen LogP contribution in [0.2, 0.25) is 0 Å². The number of hydrogen-bond donors (Lipinski definition) is 0. The molecule has 0 saturated heterocycles. The smallest absolute Gasteiger partial charge is 0.219 e. The first-order chi connectivity index (χ1) is 12.8. The van der Waals surface area contributed by atoms with Crippen LogP contribution >= 0.6 is 47.0 Å². The number of benzene rings is 2. The fraction of sp³-hybridized carbons (Fsp3) is 0.143. The lowest BCUT2D eigenvalue weighted by Crippen LogP contribution is -1.91. The highest BCUT2D eigenvalue weighted by Gasteiger charge is 2.08. The van der Waals surface area contributed by atoms with E-state index in [4.69, 9.17) is 0 Å². The molecule has 0 bridgehead atoms. The molecule has 0 N–H and O–H groups in total. The summed E-state index contributed by atoms with van der Waals surface area (Å²) in [4.78, 5) is 27.7. The minimum absolute atomic E-state index is 0.00912. The third-order valence-electron chi connectivity index (χ3n) is 3.18. The molecule has 2 aromatic carbocycles. The Morgan fingerprint density at radius 2 is 1.11 bits per heavy atom. The van der Waals surface area contributed by atoms with Crippen molar-refractivity contribution in [1.29, 1.82) is 0 Å². The highest BCUT2D eigenvalue weighted by atomic mass is 32.2. The number of carbonyl (C=O) groups excluding carboxylic acids is 2. The second-order valence-corrected chi connectivity index (χ2v) is 10.3. The van der Waals surface area contributed by atoms with Gasteiger partial charge in [-0.2, -0.15) is 0 Å². The highest BCUT2D eigenvalue weighted by molar-refractivity contribution is 8.16. The van der Waals surface area contributed by atoms with Gasteiger partial charge in [0.05, 0.1) is 0 Å². The monoisotopic (exact) mass is 432 g/mol. The van der Waals surface area contributed by atoms with Crippen LogP contribution in [0, 0.1) is 0 Å². The largest absolute Gasteiger partial charge is 0.282 e. The van der Waals surface area contributed by atoms with Gasteiger partial charge in [-0.15, -0.1) is 23.5 Å². The topological polar surface area (TPSA) is 34.1 Å². The van der Waals surface area contributed by atoms with E-state index in [1.807, 2.05) is 48.5 Å². The Labute approximate surface area is 177 Å². The Morgan fingerprint density at radius 1 is 0.741 bits per heavy atom. The Balaban J connectivity index is 1.91. The number of rotatable bonds is 8. The van der Waals surface area contributed by atoms with E-state index in [0.717, 1.165) is 24.7 Å². The van der Waals surface area contributed by atoms with Gasteiger partial charge in [0.1, 0.15) is 0 Å². The van der Waals surface area contributed by atoms with Crippen LogP contribution in [-0.2, 0) is 9.59 Å². The molecule has 0 heterocycles. The first-order valence-corrected chi connectivity index (χ1v) is 11.7. The van der Waals surface area contributed by atoms with Crippen molar-refractivity contribution in [3.8, 4) is 0 Å². The lowest BCUT2D eigenvalue weighted by molar-refractivity contribution is -0.108. The lowest BCUT2D eigenvalue weighted by Gasteiger charge is -2.06.